The summed E-state index contributed by atoms with van der Waals surface area (Å²) in [4.78, 5) is 3.03. The van der Waals surface area contributed by atoms with Gasteiger partial charge in [0.05, 0.1) is 20.1 Å². The van der Waals surface area contributed by atoms with E-state index in [1.54, 1.807) is 0 Å². The smallest absolute Gasteiger partial charge is 0.227 e. The molecular formula is C13H31N5+4. The first-order chi connectivity index (χ1) is 8.68. The lowest BCUT2D eigenvalue weighted by molar-refractivity contribution is -1.07. The van der Waals surface area contributed by atoms with Gasteiger partial charge in [-0.25, -0.2) is 0 Å². The van der Waals surface area contributed by atoms with Crippen LogP contribution >= 0.6 is 0 Å². The fraction of sp³-hybridized carbons (Fsp3) is 0.923. The predicted molar refractivity (Wildman–Crippen MR) is 72.9 cm³/mol. The Morgan fingerprint density at radius 2 is 1.78 bits per heavy atom. The number of piperazine rings is 3. The molecule has 3 fully saturated rings. The Balaban J connectivity index is 1.59. The summed E-state index contributed by atoms with van der Waals surface area (Å²) in [5, 5.41) is 2.41. The number of quaternary nitrogens is 3. The second-order valence-electron chi connectivity index (χ2n) is 6.37. The zero-order valence-corrected chi connectivity index (χ0v) is 11.9. The van der Waals surface area contributed by atoms with Crippen LogP contribution in [0.3, 0.4) is 0 Å². The van der Waals surface area contributed by atoms with Crippen LogP contribution in [0.5, 0.6) is 0 Å². The highest BCUT2D eigenvalue weighted by Crippen LogP contribution is 2.24. The van der Waals surface area contributed by atoms with Gasteiger partial charge in [-0.2, -0.15) is 0 Å². The number of rotatable bonds is 7. The molecule has 3 saturated heterocycles. The summed E-state index contributed by atoms with van der Waals surface area (Å²) in [6.07, 6.45) is 2.89. The maximum atomic E-state index is 5.26. The zero-order valence-electron chi connectivity index (χ0n) is 11.9. The molecular weight excluding hydrogens is 226 g/mol. The first kappa shape index (κ1) is 13.8. The van der Waals surface area contributed by atoms with Gasteiger partial charge in [-0.15, -0.1) is 0 Å². The van der Waals surface area contributed by atoms with Crippen molar-refractivity contribution in [2.45, 2.75) is 6.42 Å². The summed E-state index contributed by atoms with van der Waals surface area (Å²) < 4.78 is 2.75. The molecule has 2 bridgehead atoms. The molecule has 0 unspecified atom stereocenters. The predicted octanol–water partition coefficient (Wildman–Crippen LogP) is -3.70. The Kier molecular flexibility index (Phi) is 4.59. The quantitative estimate of drug-likeness (QED) is 0.187. The third kappa shape index (κ3) is 3.43. The summed E-state index contributed by atoms with van der Waals surface area (Å²) in [5.74, 6) is 0. The first-order valence-corrected chi connectivity index (χ1v) is 7.45. The first-order valence-electron chi connectivity index (χ1n) is 7.45. The van der Waals surface area contributed by atoms with Crippen molar-refractivity contribution in [3.8, 4) is 0 Å². The van der Waals surface area contributed by atoms with Gasteiger partial charge in [0, 0.05) is 6.42 Å². The van der Waals surface area contributed by atoms with Crippen molar-refractivity contribution < 1.29 is 19.3 Å². The monoisotopic (exact) mass is 257 g/mol. The standard InChI is InChI=1S/C13H29N5/c1-17-7-10-18(11-8-17,12-9-17)6-2-3-15-4-5-16-13-14/h13,15H,2-12H2,1H3,(H2,14,16)/q+2/p+2. The minimum absolute atomic E-state index is 0.979. The van der Waals surface area contributed by atoms with Gasteiger partial charge in [0.25, 0.3) is 0 Å². The van der Waals surface area contributed by atoms with E-state index in [-0.39, 0.29) is 0 Å². The Morgan fingerprint density at radius 1 is 1.11 bits per heavy atom. The summed E-state index contributed by atoms with van der Waals surface area (Å²) in [5.41, 5.74) is 5.26. The minimum atomic E-state index is 0.979. The van der Waals surface area contributed by atoms with Crippen molar-refractivity contribution >= 4 is 6.34 Å². The van der Waals surface area contributed by atoms with E-state index in [1.807, 2.05) is 0 Å². The van der Waals surface area contributed by atoms with Gasteiger partial charge >= 0.3 is 0 Å². The van der Waals surface area contributed by atoms with Crippen molar-refractivity contribution in [2.75, 3.05) is 72.5 Å². The second-order valence-corrected chi connectivity index (χ2v) is 6.37. The molecule has 0 saturated carbocycles. The summed E-state index contributed by atoms with van der Waals surface area (Å²) in [7, 11) is 2.43. The van der Waals surface area contributed by atoms with E-state index < -0.39 is 0 Å². The fourth-order valence-corrected chi connectivity index (χ4v) is 3.35. The lowest BCUT2D eigenvalue weighted by Gasteiger charge is -2.54. The number of hydrogen-bond acceptors (Lipinski definition) is 0. The van der Waals surface area contributed by atoms with Gasteiger partial charge in [-0.1, -0.05) is 0 Å². The van der Waals surface area contributed by atoms with Crippen LogP contribution in [0.25, 0.3) is 0 Å². The van der Waals surface area contributed by atoms with E-state index in [1.165, 1.54) is 74.1 Å². The lowest BCUT2D eigenvalue weighted by atomic mass is 10.1. The Bertz CT molecular complexity index is 265. The topological polar surface area (TPSA) is 56.6 Å². The number of nitrogens with zero attached hydrogens (tertiary/aromatic N) is 2. The van der Waals surface area contributed by atoms with Crippen LogP contribution in [-0.4, -0.2) is 87.8 Å². The molecule has 0 amide bonds. The van der Waals surface area contributed by atoms with Crippen LogP contribution in [0.1, 0.15) is 6.42 Å². The van der Waals surface area contributed by atoms with E-state index in [0.29, 0.717) is 0 Å². The molecule has 3 aliphatic rings. The van der Waals surface area contributed by atoms with Crippen LogP contribution in [0, 0.1) is 0 Å². The number of likely N-dealkylation sites (N-methyl/N-ethyl adjacent to an activating group) is 1. The highest BCUT2D eigenvalue weighted by molar-refractivity contribution is 5.42. The zero-order chi connectivity index (χ0) is 12.9. The third-order valence-corrected chi connectivity index (χ3v) is 4.99. The molecule has 5 nitrogen and oxygen atoms in total. The van der Waals surface area contributed by atoms with E-state index >= 15 is 0 Å². The maximum absolute atomic E-state index is 5.26. The molecule has 5 N–H and O–H groups in total. The van der Waals surface area contributed by atoms with Crippen molar-refractivity contribution in [1.29, 1.82) is 0 Å². The number of nitrogens with one attached hydrogen (secondary N) is 1. The largest absolute Gasteiger partial charge is 0.343 e. The lowest BCUT2D eigenvalue weighted by Crippen LogP contribution is -2.90. The Morgan fingerprint density at radius 3 is 2.39 bits per heavy atom. The molecule has 0 radical (unpaired) electrons. The average molecular weight is 257 g/mol. The summed E-state index contributed by atoms with van der Waals surface area (Å²) in [6, 6.07) is 0. The van der Waals surface area contributed by atoms with Crippen molar-refractivity contribution in [3.63, 3.8) is 0 Å². The second kappa shape index (κ2) is 5.99. The van der Waals surface area contributed by atoms with E-state index in [4.69, 9.17) is 5.73 Å². The van der Waals surface area contributed by atoms with E-state index in [0.717, 1.165) is 13.1 Å². The van der Waals surface area contributed by atoms with E-state index in [2.05, 4.69) is 17.4 Å². The van der Waals surface area contributed by atoms with Crippen molar-refractivity contribution in [3.05, 3.63) is 0 Å². The molecule has 0 aromatic carbocycles. The van der Waals surface area contributed by atoms with Gasteiger partial charge in [0.1, 0.15) is 52.4 Å². The van der Waals surface area contributed by atoms with Gasteiger partial charge in [-0.3, -0.25) is 10.7 Å². The van der Waals surface area contributed by atoms with Gasteiger partial charge < -0.3 is 14.3 Å². The van der Waals surface area contributed by atoms with Crippen LogP contribution in [0.15, 0.2) is 0 Å². The summed E-state index contributed by atoms with van der Waals surface area (Å²) >= 11 is 0. The molecule has 3 rings (SSSR count). The molecule has 0 atom stereocenters. The van der Waals surface area contributed by atoms with Gasteiger partial charge in [0.15, 0.2) is 0 Å². The Hall–Kier alpha value is -0.650. The minimum Gasteiger partial charge on any atom is -0.343 e. The number of nitrogens with two attached hydrogens (primary N) is 2. The van der Waals surface area contributed by atoms with E-state index in [9.17, 15) is 0 Å². The van der Waals surface area contributed by atoms with Crippen LogP contribution in [-0.2, 0) is 0 Å². The average Bonchev–Trinajstić information content (AvgIpc) is 2.40. The normalized spacial score (nSPS) is 35.4. The SMILES string of the molecule is C[N+]12CC[N+](CCC[NH2+]CC[NH+]=CN)(CC1)CC2. The van der Waals surface area contributed by atoms with Crippen LogP contribution < -0.4 is 16.0 Å². The molecule has 0 spiro atoms. The van der Waals surface area contributed by atoms with Crippen LogP contribution in [0.2, 0.25) is 0 Å². The highest BCUT2D eigenvalue weighted by atomic mass is 15.5. The van der Waals surface area contributed by atoms with Gasteiger partial charge in [0.2, 0.25) is 6.34 Å². The van der Waals surface area contributed by atoms with Crippen LogP contribution in [0.4, 0.5) is 0 Å². The molecule has 3 aliphatic heterocycles. The molecule has 5 heteroatoms. The molecule has 0 aromatic heterocycles. The van der Waals surface area contributed by atoms with Crippen molar-refractivity contribution in [1.82, 2.24) is 0 Å². The molecule has 3 heterocycles. The number of fused-ring (bicyclic) bond motifs is 3. The maximum Gasteiger partial charge on any atom is 0.227 e. The van der Waals surface area contributed by atoms with Crippen molar-refractivity contribution in [2.24, 2.45) is 5.73 Å². The highest BCUT2D eigenvalue weighted by Gasteiger charge is 2.46. The molecule has 18 heavy (non-hydrogen) atoms. The number of hydrogen-bond donors (Lipinski definition) is 3. The Labute approximate surface area is 111 Å². The fourth-order valence-electron chi connectivity index (χ4n) is 3.35. The molecule has 0 aliphatic carbocycles. The van der Waals surface area contributed by atoms with Gasteiger partial charge in [-0.05, 0) is 0 Å². The molecule has 104 valence electrons. The molecule has 0 aromatic rings. The summed E-state index contributed by atoms with van der Waals surface area (Å²) in [6.45, 7) is 13.2. The third-order valence-electron chi connectivity index (χ3n) is 4.99.